The lowest BCUT2D eigenvalue weighted by Gasteiger charge is -2.29. The molecule has 0 unspecified atom stereocenters. The summed E-state index contributed by atoms with van der Waals surface area (Å²) >= 11 is 6.20. The molecule has 2 heterocycles. The lowest BCUT2D eigenvalue weighted by molar-refractivity contribution is -0.122. The maximum absolute atomic E-state index is 13.1. The van der Waals surface area contributed by atoms with Gasteiger partial charge in [-0.3, -0.25) is 14.4 Å². The summed E-state index contributed by atoms with van der Waals surface area (Å²) in [5, 5.41) is 0.402. The average Bonchev–Trinajstić information content (AvgIpc) is 3.07. The Kier molecular flexibility index (Phi) is 5.64. The number of imide groups is 1. The number of fused-ring (bicyclic) bond motifs is 2. The first-order valence-electron chi connectivity index (χ1n) is 11.2. The number of aryl methyl sites for hydroxylation is 1. The number of benzene rings is 2. The lowest BCUT2D eigenvalue weighted by Crippen LogP contribution is -2.38. The first-order chi connectivity index (χ1) is 15.5. The molecular formula is C25H25ClN2O4. The molecule has 166 valence electrons. The van der Waals surface area contributed by atoms with Crippen molar-refractivity contribution in [3.63, 3.8) is 0 Å². The number of hydrogen-bond donors (Lipinski definition) is 0. The number of halogens is 1. The van der Waals surface area contributed by atoms with Crippen LogP contribution in [0.25, 0.3) is 0 Å². The van der Waals surface area contributed by atoms with E-state index in [-0.39, 0.29) is 36.2 Å². The van der Waals surface area contributed by atoms with Gasteiger partial charge in [-0.2, -0.15) is 0 Å². The molecule has 2 aromatic rings. The van der Waals surface area contributed by atoms with Crippen LogP contribution >= 0.6 is 11.6 Å². The van der Waals surface area contributed by atoms with Gasteiger partial charge in [-0.1, -0.05) is 42.6 Å². The Morgan fingerprint density at radius 3 is 2.44 bits per heavy atom. The third-order valence-electron chi connectivity index (χ3n) is 6.77. The first kappa shape index (κ1) is 21.0. The van der Waals surface area contributed by atoms with E-state index in [1.54, 1.807) is 23.1 Å². The van der Waals surface area contributed by atoms with Crippen LogP contribution in [0.5, 0.6) is 5.75 Å². The topological polar surface area (TPSA) is 66.9 Å². The van der Waals surface area contributed by atoms with E-state index >= 15 is 0 Å². The number of carbonyl (C=O) groups is 3. The molecule has 0 spiro atoms. The number of anilines is 2. The summed E-state index contributed by atoms with van der Waals surface area (Å²) in [6, 6.07) is 12.7. The van der Waals surface area contributed by atoms with E-state index in [0.29, 0.717) is 23.0 Å². The van der Waals surface area contributed by atoms with Crippen molar-refractivity contribution in [2.24, 2.45) is 11.8 Å². The largest absolute Gasteiger partial charge is 0.482 e. The predicted molar refractivity (Wildman–Crippen MR) is 122 cm³/mol. The molecule has 0 radical (unpaired) electrons. The van der Waals surface area contributed by atoms with Crippen LogP contribution in [-0.4, -0.2) is 30.9 Å². The fraction of sp³-hybridized carbons (Fsp3) is 0.400. The average molecular weight is 453 g/mol. The van der Waals surface area contributed by atoms with Crippen LogP contribution in [0.3, 0.4) is 0 Å². The minimum atomic E-state index is -0.269. The number of hydrogen-bond acceptors (Lipinski definition) is 4. The molecule has 6 nitrogen and oxygen atoms in total. The summed E-state index contributed by atoms with van der Waals surface area (Å²) in [7, 11) is 0. The fourth-order valence-electron chi connectivity index (χ4n) is 5.20. The first-order valence-corrected chi connectivity index (χ1v) is 11.6. The van der Waals surface area contributed by atoms with E-state index in [2.05, 4.69) is 0 Å². The third-order valence-corrected chi connectivity index (χ3v) is 7.00. The van der Waals surface area contributed by atoms with Crippen molar-refractivity contribution in [3.05, 3.63) is 53.1 Å². The van der Waals surface area contributed by atoms with Gasteiger partial charge < -0.3 is 9.64 Å². The summed E-state index contributed by atoms with van der Waals surface area (Å²) < 4.78 is 5.89. The van der Waals surface area contributed by atoms with E-state index in [1.165, 1.54) is 4.90 Å². The van der Waals surface area contributed by atoms with Gasteiger partial charge in [0.1, 0.15) is 5.75 Å². The predicted octanol–water partition coefficient (Wildman–Crippen LogP) is 4.38. The van der Waals surface area contributed by atoms with Crippen molar-refractivity contribution >= 4 is 40.7 Å². The Bertz CT molecular complexity index is 1060. The number of para-hydroxylation sites is 1. The van der Waals surface area contributed by atoms with Gasteiger partial charge in [-0.15, -0.1) is 0 Å². The molecule has 5 rings (SSSR count). The number of rotatable bonds is 4. The Balaban J connectivity index is 1.37. The van der Waals surface area contributed by atoms with Crippen molar-refractivity contribution in [2.45, 2.75) is 38.5 Å². The molecule has 2 atom stereocenters. The molecule has 7 heteroatoms. The summed E-state index contributed by atoms with van der Waals surface area (Å²) in [6.45, 7) is 0.450. The molecule has 0 aromatic heterocycles. The van der Waals surface area contributed by atoms with E-state index < -0.39 is 0 Å². The molecule has 2 fully saturated rings. The second-order valence-electron chi connectivity index (χ2n) is 8.69. The van der Waals surface area contributed by atoms with Crippen molar-refractivity contribution < 1.29 is 19.1 Å². The van der Waals surface area contributed by atoms with E-state index in [4.69, 9.17) is 16.3 Å². The molecule has 0 bridgehead atoms. The van der Waals surface area contributed by atoms with Crippen LogP contribution < -0.4 is 14.5 Å². The highest BCUT2D eigenvalue weighted by atomic mass is 35.5. The maximum atomic E-state index is 13.1. The Morgan fingerprint density at radius 2 is 1.69 bits per heavy atom. The van der Waals surface area contributed by atoms with Crippen LogP contribution in [-0.2, 0) is 20.8 Å². The van der Waals surface area contributed by atoms with Crippen LogP contribution in [0.2, 0.25) is 5.02 Å². The van der Waals surface area contributed by atoms with Gasteiger partial charge in [-0.25, -0.2) is 4.90 Å². The highest BCUT2D eigenvalue weighted by Gasteiger charge is 2.49. The number of nitrogens with zero attached hydrogens (tertiary/aromatic N) is 2. The minimum Gasteiger partial charge on any atom is -0.482 e. The Hall–Kier alpha value is -2.86. The van der Waals surface area contributed by atoms with E-state index in [1.807, 2.05) is 24.3 Å². The normalized spacial score (nSPS) is 22.5. The van der Waals surface area contributed by atoms with Crippen molar-refractivity contribution in [2.75, 3.05) is 23.0 Å². The SMILES string of the molecule is O=C(COc1ccc(Cl)cc1N1C(=O)[C@H]2CCCC[C@H]2C1=O)N1CCCc2ccccc21. The standard InChI is InChI=1S/C25H25ClN2O4/c26-17-11-12-22(21(14-17)28-24(30)18-8-2-3-9-19(18)25(28)31)32-15-23(29)27-13-5-7-16-6-1-4-10-20(16)27/h1,4,6,10-12,14,18-19H,2-3,5,7-9,13,15H2/t18-,19+. The maximum Gasteiger partial charge on any atom is 0.264 e. The molecule has 1 aliphatic carbocycles. The molecule has 1 saturated carbocycles. The highest BCUT2D eigenvalue weighted by molar-refractivity contribution is 6.31. The fourth-order valence-corrected chi connectivity index (χ4v) is 5.36. The summed E-state index contributed by atoms with van der Waals surface area (Å²) in [6.07, 6.45) is 5.22. The van der Waals surface area contributed by atoms with Gasteiger partial charge in [-0.05, 0) is 55.5 Å². The quantitative estimate of drug-likeness (QED) is 0.646. The van der Waals surface area contributed by atoms with Crippen molar-refractivity contribution in [1.29, 1.82) is 0 Å². The molecule has 2 aliphatic heterocycles. The Labute approximate surface area is 192 Å². The van der Waals surface area contributed by atoms with E-state index in [0.717, 1.165) is 49.8 Å². The van der Waals surface area contributed by atoms with Gasteiger partial charge in [0.25, 0.3) is 5.91 Å². The van der Waals surface area contributed by atoms with Crippen molar-refractivity contribution in [3.8, 4) is 5.75 Å². The second-order valence-corrected chi connectivity index (χ2v) is 9.12. The van der Waals surface area contributed by atoms with Gasteiger partial charge in [0.05, 0.1) is 17.5 Å². The summed E-state index contributed by atoms with van der Waals surface area (Å²) in [5.74, 6) is -0.769. The lowest BCUT2D eigenvalue weighted by atomic mass is 9.81. The Morgan fingerprint density at radius 1 is 0.969 bits per heavy atom. The van der Waals surface area contributed by atoms with Crippen LogP contribution in [0.1, 0.15) is 37.7 Å². The van der Waals surface area contributed by atoms with Crippen LogP contribution in [0, 0.1) is 11.8 Å². The zero-order chi connectivity index (χ0) is 22.2. The molecule has 32 heavy (non-hydrogen) atoms. The zero-order valence-electron chi connectivity index (χ0n) is 17.8. The molecule has 3 aliphatic rings. The smallest absolute Gasteiger partial charge is 0.264 e. The number of carbonyl (C=O) groups excluding carboxylic acids is 3. The van der Waals surface area contributed by atoms with E-state index in [9.17, 15) is 14.4 Å². The van der Waals surface area contributed by atoms with Crippen LogP contribution in [0.15, 0.2) is 42.5 Å². The third kappa shape index (κ3) is 3.66. The van der Waals surface area contributed by atoms with Crippen molar-refractivity contribution in [1.82, 2.24) is 0 Å². The van der Waals surface area contributed by atoms with Gasteiger partial charge >= 0.3 is 0 Å². The number of amides is 3. The van der Waals surface area contributed by atoms with Gasteiger partial charge in [0.2, 0.25) is 11.8 Å². The molecule has 2 aromatic carbocycles. The summed E-state index contributed by atoms with van der Waals surface area (Å²) in [5.41, 5.74) is 2.39. The minimum absolute atomic E-state index is 0.161. The molecule has 0 N–H and O–H groups in total. The number of ether oxygens (including phenoxy) is 1. The van der Waals surface area contributed by atoms with Gasteiger partial charge in [0, 0.05) is 17.3 Å². The zero-order valence-corrected chi connectivity index (χ0v) is 18.5. The molecule has 3 amide bonds. The molecule has 1 saturated heterocycles. The summed E-state index contributed by atoms with van der Waals surface area (Å²) in [4.78, 5) is 42.1. The van der Waals surface area contributed by atoms with Crippen LogP contribution in [0.4, 0.5) is 11.4 Å². The molecular weight excluding hydrogens is 428 g/mol. The monoisotopic (exact) mass is 452 g/mol. The van der Waals surface area contributed by atoms with Gasteiger partial charge in [0.15, 0.2) is 6.61 Å². The second kappa shape index (κ2) is 8.58. The highest BCUT2D eigenvalue weighted by Crippen LogP contribution is 2.43.